The van der Waals surface area contributed by atoms with Crippen molar-refractivity contribution in [2.45, 2.75) is 0 Å². The zero-order valence-corrected chi connectivity index (χ0v) is 12.0. The molecule has 0 aromatic heterocycles. The third-order valence-electron chi connectivity index (χ3n) is 3.19. The third kappa shape index (κ3) is 2.27. The van der Waals surface area contributed by atoms with E-state index < -0.39 is 5.97 Å². The Bertz CT molecular complexity index is 705. The first kappa shape index (κ1) is 13.1. The van der Waals surface area contributed by atoms with Crippen molar-refractivity contribution in [3.8, 4) is 0 Å². The molecular formula is C16H10BrFO2. The van der Waals surface area contributed by atoms with Gasteiger partial charge in [0.05, 0.1) is 5.57 Å². The van der Waals surface area contributed by atoms with Gasteiger partial charge in [-0.25, -0.2) is 9.18 Å². The lowest BCUT2D eigenvalue weighted by Crippen LogP contribution is -1.98. The molecule has 100 valence electrons. The molecule has 0 spiro atoms. The summed E-state index contributed by atoms with van der Waals surface area (Å²) >= 11 is 3.35. The van der Waals surface area contributed by atoms with E-state index in [1.54, 1.807) is 18.2 Å². The monoisotopic (exact) mass is 332 g/mol. The van der Waals surface area contributed by atoms with Crippen LogP contribution >= 0.6 is 15.9 Å². The van der Waals surface area contributed by atoms with Crippen molar-refractivity contribution in [2.75, 3.05) is 6.61 Å². The Morgan fingerprint density at radius 2 is 1.75 bits per heavy atom. The summed E-state index contributed by atoms with van der Waals surface area (Å²) in [6.45, 7) is 0.102. The van der Waals surface area contributed by atoms with Crippen LogP contribution in [0.5, 0.6) is 0 Å². The van der Waals surface area contributed by atoms with Crippen molar-refractivity contribution < 1.29 is 13.9 Å². The fourth-order valence-electron chi connectivity index (χ4n) is 2.23. The van der Waals surface area contributed by atoms with Gasteiger partial charge in [0.1, 0.15) is 12.4 Å². The molecule has 0 atom stereocenters. The highest BCUT2D eigenvalue weighted by Gasteiger charge is 2.28. The molecule has 2 aromatic rings. The number of hydrogen-bond donors (Lipinski definition) is 0. The van der Waals surface area contributed by atoms with Crippen LogP contribution in [0, 0.1) is 5.82 Å². The summed E-state index contributed by atoms with van der Waals surface area (Å²) in [5, 5.41) is 0. The van der Waals surface area contributed by atoms with Gasteiger partial charge >= 0.3 is 5.97 Å². The van der Waals surface area contributed by atoms with Gasteiger partial charge in [-0.3, -0.25) is 0 Å². The molecule has 0 N–H and O–H groups in total. The maximum atomic E-state index is 13.9. The normalized spacial score (nSPS) is 14.6. The van der Waals surface area contributed by atoms with E-state index in [-0.39, 0.29) is 12.4 Å². The first-order valence-electron chi connectivity index (χ1n) is 6.08. The maximum absolute atomic E-state index is 13.9. The van der Waals surface area contributed by atoms with E-state index in [0.717, 1.165) is 10.0 Å². The van der Waals surface area contributed by atoms with E-state index in [0.29, 0.717) is 16.7 Å². The van der Waals surface area contributed by atoms with Crippen molar-refractivity contribution in [1.29, 1.82) is 0 Å². The molecule has 0 saturated heterocycles. The quantitative estimate of drug-likeness (QED) is 0.775. The number of benzene rings is 2. The largest absolute Gasteiger partial charge is 0.457 e. The minimum Gasteiger partial charge on any atom is -0.457 e. The number of hydrogen-bond acceptors (Lipinski definition) is 2. The molecule has 1 aliphatic heterocycles. The molecule has 0 unspecified atom stereocenters. The third-order valence-corrected chi connectivity index (χ3v) is 3.71. The van der Waals surface area contributed by atoms with Crippen LogP contribution in [-0.2, 0) is 9.53 Å². The van der Waals surface area contributed by atoms with Gasteiger partial charge in [-0.2, -0.15) is 0 Å². The van der Waals surface area contributed by atoms with E-state index in [4.69, 9.17) is 4.74 Å². The minimum atomic E-state index is -0.412. The molecular weight excluding hydrogens is 323 g/mol. The average molecular weight is 333 g/mol. The highest BCUT2D eigenvalue weighted by Crippen LogP contribution is 2.34. The van der Waals surface area contributed by atoms with Gasteiger partial charge in [0, 0.05) is 15.6 Å². The lowest BCUT2D eigenvalue weighted by atomic mass is 9.96. The lowest BCUT2D eigenvalue weighted by Gasteiger charge is -2.05. The van der Waals surface area contributed by atoms with Crippen molar-refractivity contribution >= 4 is 33.0 Å². The summed E-state index contributed by atoms with van der Waals surface area (Å²) in [5.74, 6) is -0.763. The van der Waals surface area contributed by atoms with E-state index in [9.17, 15) is 9.18 Å². The molecule has 20 heavy (non-hydrogen) atoms. The van der Waals surface area contributed by atoms with Crippen molar-refractivity contribution in [3.63, 3.8) is 0 Å². The highest BCUT2D eigenvalue weighted by molar-refractivity contribution is 9.10. The molecule has 1 heterocycles. The van der Waals surface area contributed by atoms with Crippen molar-refractivity contribution in [2.24, 2.45) is 0 Å². The van der Waals surface area contributed by atoms with Crippen LogP contribution in [0.1, 0.15) is 11.1 Å². The average Bonchev–Trinajstić information content (AvgIpc) is 2.82. The van der Waals surface area contributed by atoms with E-state index >= 15 is 0 Å². The Hall–Kier alpha value is -1.94. The van der Waals surface area contributed by atoms with E-state index in [1.165, 1.54) is 6.07 Å². The molecule has 3 rings (SSSR count). The van der Waals surface area contributed by atoms with E-state index in [1.807, 2.05) is 24.3 Å². The molecule has 0 saturated carbocycles. The first-order valence-corrected chi connectivity index (χ1v) is 6.87. The Balaban J connectivity index is 2.18. The Morgan fingerprint density at radius 3 is 2.45 bits per heavy atom. The van der Waals surface area contributed by atoms with Gasteiger partial charge in [0.25, 0.3) is 0 Å². The molecule has 0 aliphatic carbocycles. The molecule has 0 amide bonds. The zero-order chi connectivity index (χ0) is 14.1. The number of cyclic esters (lactones) is 1. The summed E-state index contributed by atoms with van der Waals surface area (Å²) < 4.78 is 19.9. The van der Waals surface area contributed by atoms with Gasteiger partial charge in [0.2, 0.25) is 0 Å². The second-order valence-electron chi connectivity index (χ2n) is 4.42. The van der Waals surface area contributed by atoms with Crippen LogP contribution in [0.15, 0.2) is 53.0 Å². The molecule has 0 radical (unpaired) electrons. The van der Waals surface area contributed by atoms with Crippen molar-refractivity contribution in [1.82, 2.24) is 0 Å². The van der Waals surface area contributed by atoms with E-state index in [2.05, 4.69) is 15.9 Å². The Labute approximate surface area is 124 Å². The Kier molecular flexibility index (Phi) is 3.40. The molecule has 0 fully saturated rings. The maximum Gasteiger partial charge on any atom is 0.339 e. The molecule has 2 nitrogen and oxygen atoms in total. The topological polar surface area (TPSA) is 26.3 Å². The summed E-state index contributed by atoms with van der Waals surface area (Å²) in [6.07, 6.45) is 0. The van der Waals surface area contributed by atoms with Crippen molar-refractivity contribution in [3.05, 3.63) is 69.9 Å². The van der Waals surface area contributed by atoms with Crippen LogP contribution in [0.25, 0.3) is 11.1 Å². The highest BCUT2D eigenvalue weighted by atomic mass is 79.9. The van der Waals surface area contributed by atoms with Crippen LogP contribution in [-0.4, -0.2) is 12.6 Å². The second kappa shape index (κ2) is 5.21. The van der Waals surface area contributed by atoms with Gasteiger partial charge in [-0.15, -0.1) is 0 Å². The number of carbonyl (C=O) groups is 1. The van der Waals surface area contributed by atoms with Gasteiger partial charge in [-0.1, -0.05) is 46.3 Å². The fraction of sp³-hybridized carbons (Fsp3) is 0.0625. The summed E-state index contributed by atoms with van der Waals surface area (Å²) in [7, 11) is 0. The summed E-state index contributed by atoms with van der Waals surface area (Å²) in [6, 6.07) is 13.7. The number of esters is 1. The minimum absolute atomic E-state index is 0.102. The Morgan fingerprint density at radius 1 is 1.05 bits per heavy atom. The molecule has 1 aliphatic rings. The standard InChI is InChI=1S/C16H10BrFO2/c17-11-7-5-10(6-8-11)15-13(9-20-16(15)19)12-3-1-2-4-14(12)18/h1-8H,9H2. The number of halogens is 2. The summed E-state index contributed by atoms with van der Waals surface area (Å²) in [4.78, 5) is 11.9. The predicted molar refractivity (Wildman–Crippen MR) is 78.3 cm³/mol. The smallest absolute Gasteiger partial charge is 0.339 e. The van der Waals surface area contributed by atoms with Crippen LogP contribution in [0.4, 0.5) is 4.39 Å². The zero-order valence-electron chi connectivity index (χ0n) is 10.4. The second-order valence-corrected chi connectivity index (χ2v) is 5.33. The first-order chi connectivity index (χ1) is 9.66. The number of carbonyl (C=O) groups excluding carboxylic acids is 1. The van der Waals surface area contributed by atoms with Gasteiger partial charge < -0.3 is 4.74 Å². The van der Waals surface area contributed by atoms with Crippen LogP contribution in [0.3, 0.4) is 0 Å². The number of ether oxygens (including phenoxy) is 1. The predicted octanol–water partition coefficient (Wildman–Crippen LogP) is 4.06. The van der Waals surface area contributed by atoms with Gasteiger partial charge in [0.15, 0.2) is 0 Å². The molecule has 4 heteroatoms. The van der Waals surface area contributed by atoms with Crippen LogP contribution in [0.2, 0.25) is 0 Å². The summed E-state index contributed by atoms with van der Waals surface area (Å²) in [5.41, 5.74) is 2.17. The molecule has 2 aromatic carbocycles. The SMILES string of the molecule is O=C1OCC(c2ccccc2F)=C1c1ccc(Br)cc1. The lowest BCUT2D eigenvalue weighted by molar-refractivity contribution is -0.133. The molecule has 0 bridgehead atoms. The number of rotatable bonds is 2. The van der Waals surface area contributed by atoms with Crippen LogP contribution < -0.4 is 0 Å². The fourth-order valence-corrected chi connectivity index (χ4v) is 2.50. The van der Waals surface area contributed by atoms with Gasteiger partial charge in [-0.05, 0) is 23.8 Å².